The second kappa shape index (κ2) is 13.2. The van der Waals surface area contributed by atoms with Crippen LogP contribution in [0.4, 0.5) is 4.39 Å². The van der Waals surface area contributed by atoms with Crippen LogP contribution < -0.4 is 9.47 Å². The standard InChI is InChI=1S/C18H23BrCl2FNO3/c1-13(2)23-26-9-6-4-3-5-8-25-18-15(19)11-14(12-16(18)22)24-10-7-17(20)21/h7,11-12H,3-6,8-10H2,1-2H3. The van der Waals surface area contributed by atoms with Crippen LogP contribution in [0.15, 0.2) is 32.3 Å². The molecule has 26 heavy (non-hydrogen) atoms. The van der Waals surface area contributed by atoms with Gasteiger partial charge in [0, 0.05) is 6.07 Å². The Hall–Kier alpha value is -0.980. The zero-order valence-electron chi connectivity index (χ0n) is 14.9. The highest BCUT2D eigenvalue weighted by Gasteiger charge is 2.11. The number of benzene rings is 1. The molecule has 0 aliphatic carbocycles. The van der Waals surface area contributed by atoms with E-state index in [0.717, 1.165) is 31.4 Å². The molecular weight excluding hydrogens is 448 g/mol. The molecule has 0 aliphatic heterocycles. The summed E-state index contributed by atoms with van der Waals surface area (Å²) >= 11 is 14.3. The van der Waals surface area contributed by atoms with Gasteiger partial charge in [-0.1, -0.05) is 28.4 Å². The van der Waals surface area contributed by atoms with Crippen molar-refractivity contribution in [1.29, 1.82) is 0 Å². The van der Waals surface area contributed by atoms with E-state index in [9.17, 15) is 4.39 Å². The molecule has 0 aromatic heterocycles. The predicted octanol–water partition coefficient (Wildman–Crippen LogP) is 6.64. The van der Waals surface area contributed by atoms with Crippen LogP contribution in [0, 0.1) is 5.82 Å². The summed E-state index contributed by atoms with van der Waals surface area (Å²) < 4.78 is 25.6. The third kappa shape index (κ3) is 10.2. The Balaban J connectivity index is 2.30. The van der Waals surface area contributed by atoms with Gasteiger partial charge < -0.3 is 14.3 Å². The van der Waals surface area contributed by atoms with Crippen LogP contribution in [-0.2, 0) is 4.84 Å². The SMILES string of the molecule is CC(C)=NOCCCCCCOc1c(F)cc(OCC=C(Cl)Cl)cc1Br. The molecule has 0 unspecified atom stereocenters. The van der Waals surface area contributed by atoms with E-state index < -0.39 is 5.82 Å². The molecule has 8 heteroatoms. The number of unbranched alkanes of at least 4 members (excludes halogenated alkanes) is 3. The Bertz CT molecular complexity index is 595. The molecule has 0 N–H and O–H groups in total. The first-order chi connectivity index (χ1) is 12.4. The van der Waals surface area contributed by atoms with Crippen LogP contribution >= 0.6 is 39.1 Å². The highest BCUT2D eigenvalue weighted by Crippen LogP contribution is 2.33. The largest absolute Gasteiger partial charge is 0.489 e. The molecule has 0 amide bonds. The molecule has 0 aliphatic rings. The minimum absolute atomic E-state index is 0.101. The second-order valence-electron chi connectivity index (χ2n) is 5.66. The van der Waals surface area contributed by atoms with Gasteiger partial charge in [0.2, 0.25) is 0 Å². The van der Waals surface area contributed by atoms with E-state index in [1.165, 1.54) is 12.1 Å². The number of oxime groups is 1. The Morgan fingerprint density at radius 3 is 2.42 bits per heavy atom. The van der Waals surface area contributed by atoms with Gasteiger partial charge >= 0.3 is 0 Å². The maximum absolute atomic E-state index is 14.1. The van der Waals surface area contributed by atoms with Crippen LogP contribution in [0.1, 0.15) is 39.5 Å². The van der Waals surface area contributed by atoms with E-state index >= 15 is 0 Å². The molecule has 146 valence electrons. The van der Waals surface area contributed by atoms with Crippen molar-refractivity contribution in [2.24, 2.45) is 5.16 Å². The zero-order valence-corrected chi connectivity index (χ0v) is 18.0. The minimum Gasteiger partial charge on any atom is -0.489 e. The van der Waals surface area contributed by atoms with Crippen molar-refractivity contribution in [3.63, 3.8) is 0 Å². The summed E-state index contributed by atoms with van der Waals surface area (Å²) in [5.41, 5.74) is 0.904. The Kier molecular flexibility index (Phi) is 11.7. The van der Waals surface area contributed by atoms with Gasteiger partial charge in [-0.3, -0.25) is 0 Å². The Labute approximate surface area is 172 Å². The fourth-order valence-electron chi connectivity index (χ4n) is 1.93. The summed E-state index contributed by atoms with van der Waals surface area (Å²) in [6.45, 7) is 4.98. The maximum Gasteiger partial charge on any atom is 0.169 e. The molecule has 0 saturated heterocycles. The molecule has 0 fully saturated rings. The van der Waals surface area contributed by atoms with E-state index in [0.29, 0.717) is 23.4 Å². The topological polar surface area (TPSA) is 40.0 Å². The molecule has 0 spiro atoms. The molecule has 1 rings (SSSR count). The average molecular weight is 471 g/mol. The summed E-state index contributed by atoms with van der Waals surface area (Å²) in [6, 6.07) is 2.91. The average Bonchev–Trinajstić information content (AvgIpc) is 2.54. The van der Waals surface area contributed by atoms with Crippen molar-refractivity contribution in [2.45, 2.75) is 39.5 Å². The van der Waals surface area contributed by atoms with Crippen molar-refractivity contribution < 1.29 is 18.7 Å². The highest BCUT2D eigenvalue weighted by atomic mass is 79.9. The van der Waals surface area contributed by atoms with E-state index in [1.807, 2.05) is 13.8 Å². The summed E-state index contributed by atoms with van der Waals surface area (Å²) in [5.74, 6) is 0.0495. The van der Waals surface area contributed by atoms with Gasteiger partial charge in [0.25, 0.3) is 0 Å². The maximum atomic E-state index is 14.1. The van der Waals surface area contributed by atoms with E-state index in [2.05, 4.69) is 21.1 Å². The van der Waals surface area contributed by atoms with Gasteiger partial charge in [0.15, 0.2) is 11.6 Å². The highest BCUT2D eigenvalue weighted by molar-refractivity contribution is 9.10. The van der Waals surface area contributed by atoms with Crippen molar-refractivity contribution in [2.75, 3.05) is 19.8 Å². The van der Waals surface area contributed by atoms with Crippen molar-refractivity contribution >= 4 is 44.8 Å². The van der Waals surface area contributed by atoms with E-state index in [-0.39, 0.29) is 16.8 Å². The smallest absolute Gasteiger partial charge is 0.169 e. The minimum atomic E-state index is -0.489. The van der Waals surface area contributed by atoms with E-state index in [4.69, 9.17) is 37.5 Å². The van der Waals surface area contributed by atoms with Crippen LogP contribution in [0.3, 0.4) is 0 Å². The molecule has 4 nitrogen and oxygen atoms in total. The molecule has 0 radical (unpaired) electrons. The predicted molar refractivity (Wildman–Crippen MR) is 108 cm³/mol. The number of hydrogen-bond acceptors (Lipinski definition) is 4. The van der Waals surface area contributed by atoms with Gasteiger partial charge in [-0.15, -0.1) is 0 Å². The Morgan fingerprint density at radius 2 is 1.81 bits per heavy atom. The number of halogens is 4. The van der Waals surface area contributed by atoms with Crippen LogP contribution in [-0.4, -0.2) is 25.5 Å². The van der Waals surface area contributed by atoms with Gasteiger partial charge in [0.05, 0.1) is 16.8 Å². The quantitative estimate of drug-likeness (QED) is 0.195. The third-order valence-corrected chi connectivity index (χ3v) is 3.98. The summed E-state index contributed by atoms with van der Waals surface area (Å²) in [7, 11) is 0. The number of rotatable bonds is 12. The lowest BCUT2D eigenvalue weighted by Gasteiger charge is -2.11. The van der Waals surface area contributed by atoms with Crippen molar-refractivity contribution in [3.05, 3.63) is 33.0 Å². The number of ether oxygens (including phenoxy) is 2. The second-order valence-corrected chi connectivity index (χ2v) is 7.52. The monoisotopic (exact) mass is 469 g/mol. The summed E-state index contributed by atoms with van der Waals surface area (Å²) in [6.07, 6.45) is 5.22. The molecule has 1 aromatic carbocycles. The molecule has 0 bridgehead atoms. The molecule has 0 atom stereocenters. The first-order valence-electron chi connectivity index (χ1n) is 8.29. The molecule has 1 aromatic rings. The van der Waals surface area contributed by atoms with E-state index in [1.54, 1.807) is 6.07 Å². The molecule has 0 saturated carbocycles. The summed E-state index contributed by atoms with van der Waals surface area (Å²) in [5, 5.41) is 3.87. The lowest BCUT2D eigenvalue weighted by molar-refractivity contribution is 0.139. The van der Waals surface area contributed by atoms with Gasteiger partial charge in [0.1, 0.15) is 23.5 Å². The fourth-order valence-corrected chi connectivity index (χ4v) is 2.59. The number of hydrogen-bond donors (Lipinski definition) is 0. The zero-order chi connectivity index (χ0) is 19.4. The van der Waals surface area contributed by atoms with Crippen LogP contribution in [0.5, 0.6) is 11.5 Å². The first kappa shape index (κ1) is 23.1. The first-order valence-corrected chi connectivity index (χ1v) is 9.84. The number of nitrogens with zero attached hydrogens (tertiary/aromatic N) is 1. The molecule has 0 heterocycles. The lowest BCUT2D eigenvalue weighted by atomic mass is 10.2. The fraction of sp³-hybridized carbons (Fsp3) is 0.500. The molecular formula is C18H23BrCl2FNO3. The van der Waals surface area contributed by atoms with Crippen molar-refractivity contribution in [1.82, 2.24) is 0 Å². The lowest BCUT2D eigenvalue weighted by Crippen LogP contribution is -2.02. The van der Waals surface area contributed by atoms with Crippen molar-refractivity contribution in [3.8, 4) is 11.5 Å². The van der Waals surface area contributed by atoms with Crippen LogP contribution in [0.25, 0.3) is 0 Å². The van der Waals surface area contributed by atoms with Gasteiger partial charge in [-0.05, 0) is 67.6 Å². The Morgan fingerprint density at radius 1 is 1.12 bits per heavy atom. The van der Waals surface area contributed by atoms with Crippen LogP contribution in [0.2, 0.25) is 0 Å². The third-order valence-electron chi connectivity index (χ3n) is 3.08. The normalized spacial score (nSPS) is 10.2. The van der Waals surface area contributed by atoms with Gasteiger partial charge in [-0.25, -0.2) is 4.39 Å². The van der Waals surface area contributed by atoms with Gasteiger partial charge in [-0.2, -0.15) is 0 Å². The summed E-state index contributed by atoms with van der Waals surface area (Å²) in [4.78, 5) is 5.13.